The predicted octanol–water partition coefficient (Wildman–Crippen LogP) is 5.66. The van der Waals surface area contributed by atoms with Crippen LogP contribution in [0.1, 0.15) is 104 Å². The van der Waals surface area contributed by atoms with Gasteiger partial charge in [0.15, 0.2) is 0 Å². The van der Waals surface area contributed by atoms with Crippen molar-refractivity contribution >= 4 is 0 Å². The normalized spacial score (nSPS) is 11.5. The van der Waals surface area contributed by atoms with Crippen LogP contribution in [-0.2, 0) is 0 Å². The summed E-state index contributed by atoms with van der Waals surface area (Å²) in [6.45, 7) is 49.0. The molecule has 0 radical (unpaired) electrons. The van der Waals surface area contributed by atoms with Crippen LogP contribution in [0.4, 0.5) is 0 Å². The van der Waals surface area contributed by atoms with E-state index in [-0.39, 0.29) is 0 Å². The second-order valence-corrected chi connectivity index (χ2v) is 10.4. The van der Waals surface area contributed by atoms with Crippen LogP contribution in [-0.4, -0.2) is 139 Å². The van der Waals surface area contributed by atoms with Crippen LogP contribution in [0.5, 0.6) is 0 Å². The van der Waals surface area contributed by atoms with Gasteiger partial charge in [0.05, 0.1) is 25.6 Å². The minimum Gasteiger partial charge on any atom is -0.391 e. The summed E-state index contributed by atoms with van der Waals surface area (Å²) < 4.78 is 0. The first-order valence-corrected chi connectivity index (χ1v) is 15.9. The minimum absolute atomic E-state index is 0.500. The molecule has 0 saturated heterocycles. The summed E-state index contributed by atoms with van der Waals surface area (Å²) in [5.41, 5.74) is -0.500. The van der Waals surface area contributed by atoms with Crippen molar-refractivity contribution in [2.24, 2.45) is 0 Å². The van der Waals surface area contributed by atoms with Gasteiger partial charge in [-0.2, -0.15) is 0 Å². The molecule has 0 bridgehead atoms. The summed E-state index contributed by atoms with van der Waals surface area (Å²) in [6, 6.07) is 0. The smallest absolute Gasteiger partial charge is 0.0563 e. The van der Waals surface area contributed by atoms with E-state index in [1.807, 2.05) is 0 Å². The largest absolute Gasteiger partial charge is 0.391 e. The number of rotatable bonds is 18. The van der Waals surface area contributed by atoms with E-state index < -0.39 is 5.60 Å². The van der Waals surface area contributed by atoms with Crippen molar-refractivity contribution in [3.63, 3.8) is 0 Å². The predicted molar refractivity (Wildman–Crippen MR) is 174 cm³/mol. The van der Waals surface area contributed by atoms with Crippen LogP contribution in [0.3, 0.4) is 0 Å². The van der Waals surface area contributed by atoms with Gasteiger partial charge in [0.2, 0.25) is 0 Å². The van der Waals surface area contributed by atoms with Crippen LogP contribution in [0.2, 0.25) is 0 Å². The van der Waals surface area contributed by atoms with E-state index in [1.165, 1.54) is 19.6 Å². The van der Waals surface area contributed by atoms with Crippen LogP contribution in [0, 0.1) is 0 Å². The molecule has 38 heavy (non-hydrogen) atoms. The lowest BCUT2D eigenvalue weighted by Crippen LogP contribution is -2.44. The van der Waals surface area contributed by atoms with E-state index in [2.05, 4.69) is 112 Å². The fraction of sp³-hybridized carbons (Fsp3) is 1.00. The third-order valence-electron chi connectivity index (χ3n) is 6.57. The summed E-state index contributed by atoms with van der Waals surface area (Å²) in [6.07, 6.45) is 0. The van der Waals surface area contributed by atoms with Crippen LogP contribution < -0.4 is 0 Å². The number of hydrogen-bond acceptors (Lipinski definition) is 7. The summed E-state index contributed by atoms with van der Waals surface area (Å²) in [5.74, 6) is 0. The molecule has 0 aromatic carbocycles. The third-order valence-corrected chi connectivity index (χ3v) is 6.57. The van der Waals surface area contributed by atoms with E-state index in [4.69, 9.17) is 5.11 Å². The molecular formula is C31H76N6O. The van der Waals surface area contributed by atoms with Crippen molar-refractivity contribution < 1.29 is 5.11 Å². The highest BCUT2D eigenvalue weighted by atomic mass is 16.3. The summed E-state index contributed by atoms with van der Waals surface area (Å²) in [7, 11) is 0. The minimum atomic E-state index is -0.500. The number of nitrogens with zero attached hydrogens (tertiary/aromatic N) is 6. The van der Waals surface area contributed by atoms with Crippen molar-refractivity contribution in [3.05, 3.63) is 0 Å². The van der Waals surface area contributed by atoms with Gasteiger partial charge in [-0.1, -0.05) is 83.1 Å². The first-order valence-electron chi connectivity index (χ1n) is 15.9. The van der Waals surface area contributed by atoms with Gasteiger partial charge in [0.1, 0.15) is 0 Å². The standard InChI is InChI=1S/C12H29N3.C9H22N2.C6H15N.C4H10O/c1-6-13(7-2)11-15(10-5)12-14(8-3)9-4;1-5-10(6-2)9-11(7-3)8-4;1-4-7(5-2)6-3;1-4(2,3)5/h6-12H2,1-5H3;5-9H2,1-4H3;4-6H2,1-3H3;5H,1-3H3. The Kier molecular flexibility index (Phi) is 36.8. The number of hydrogen-bond donors (Lipinski definition) is 1. The molecule has 7 nitrogen and oxygen atoms in total. The zero-order valence-electron chi connectivity index (χ0n) is 29.2. The van der Waals surface area contributed by atoms with Crippen molar-refractivity contribution in [2.45, 2.75) is 109 Å². The van der Waals surface area contributed by atoms with Crippen molar-refractivity contribution in [1.82, 2.24) is 29.4 Å². The molecule has 0 fully saturated rings. The zero-order chi connectivity index (χ0) is 30.6. The van der Waals surface area contributed by atoms with Gasteiger partial charge in [-0.05, 0) is 99.3 Å². The molecule has 0 spiro atoms. The van der Waals surface area contributed by atoms with E-state index >= 15 is 0 Å². The molecule has 0 aliphatic carbocycles. The van der Waals surface area contributed by atoms with Gasteiger partial charge in [-0.25, -0.2) is 0 Å². The van der Waals surface area contributed by atoms with Crippen LogP contribution in [0.25, 0.3) is 0 Å². The fourth-order valence-electron chi connectivity index (χ4n) is 3.46. The van der Waals surface area contributed by atoms with Gasteiger partial charge in [0.25, 0.3) is 0 Å². The Labute approximate surface area is 242 Å². The summed E-state index contributed by atoms with van der Waals surface area (Å²) in [5, 5.41) is 8.52. The molecule has 0 rings (SSSR count). The van der Waals surface area contributed by atoms with E-state index in [1.54, 1.807) is 20.8 Å². The highest BCUT2D eigenvalue weighted by molar-refractivity contribution is 4.59. The summed E-state index contributed by atoms with van der Waals surface area (Å²) >= 11 is 0. The van der Waals surface area contributed by atoms with Crippen molar-refractivity contribution in [3.8, 4) is 0 Å². The maximum Gasteiger partial charge on any atom is 0.0563 e. The Morgan fingerprint density at radius 2 is 0.447 bits per heavy atom. The SMILES string of the molecule is CC(C)(C)O.CCN(CC)CC.CCN(CC)CN(CC)CC.CCN(CC)CN(CC)CN(CC)CC. The first kappa shape index (κ1) is 44.7. The Balaban J connectivity index is -0.000000220. The lowest BCUT2D eigenvalue weighted by atomic mass is 10.2. The quantitative estimate of drug-likeness (QED) is 0.222. The van der Waals surface area contributed by atoms with Gasteiger partial charge in [-0.15, -0.1) is 0 Å². The first-order chi connectivity index (χ1) is 17.8. The van der Waals surface area contributed by atoms with Gasteiger partial charge >= 0.3 is 0 Å². The van der Waals surface area contributed by atoms with Crippen molar-refractivity contribution in [2.75, 3.05) is 98.5 Å². The fourth-order valence-corrected chi connectivity index (χ4v) is 3.46. The molecule has 0 aromatic heterocycles. The Morgan fingerprint density at radius 1 is 0.316 bits per heavy atom. The third kappa shape index (κ3) is 33.7. The molecule has 0 aliphatic rings. The average molecular weight is 549 g/mol. The lowest BCUT2D eigenvalue weighted by molar-refractivity contribution is 0.0834. The Morgan fingerprint density at radius 3 is 0.553 bits per heavy atom. The highest BCUT2D eigenvalue weighted by Gasteiger charge is 2.09. The maximum absolute atomic E-state index is 8.52. The monoisotopic (exact) mass is 549 g/mol. The van der Waals surface area contributed by atoms with Crippen LogP contribution >= 0.6 is 0 Å². The molecule has 0 saturated carbocycles. The van der Waals surface area contributed by atoms with E-state index in [9.17, 15) is 0 Å². The molecule has 236 valence electrons. The molecule has 0 unspecified atom stereocenters. The molecule has 0 heterocycles. The molecule has 0 amide bonds. The Bertz CT molecular complexity index is 378. The highest BCUT2D eigenvalue weighted by Crippen LogP contribution is 1.98. The molecule has 1 N–H and O–H groups in total. The van der Waals surface area contributed by atoms with Gasteiger partial charge in [-0.3, -0.25) is 24.5 Å². The molecule has 0 aromatic rings. The zero-order valence-corrected chi connectivity index (χ0v) is 29.2. The second-order valence-electron chi connectivity index (χ2n) is 10.4. The molecule has 0 aliphatic heterocycles. The molecule has 7 heteroatoms. The number of aliphatic hydroxyl groups is 1. The van der Waals surface area contributed by atoms with Gasteiger partial charge < -0.3 is 10.0 Å². The second kappa shape index (κ2) is 31.3. The van der Waals surface area contributed by atoms with E-state index in [0.717, 1.165) is 78.9 Å². The van der Waals surface area contributed by atoms with E-state index in [0.29, 0.717) is 0 Å². The average Bonchev–Trinajstić information content (AvgIpc) is 2.90. The van der Waals surface area contributed by atoms with Crippen LogP contribution in [0.15, 0.2) is 0 Å². The Hall–Kier alpha value is -0.280. The lowest BCUT2D eigenvalue weighted by Gasteiger charge is -2.32. The maximum atomic E-state index is 8.52. The van der Waals surface area contributed by atoms with Crippen molar-refractivity contribution in [1.29, 1.82) is 0 Å². The van der Waals surface area contributed by atoms with Gasteiger partial charge in [0, 0.05) is 0 Å². The molecular weight excluding hydrogens is 472 g/mol. The topological polar surface area (TPSA) is 39.7 Å². The molecule has 0 atom stereocenters. The summed E-state index contributed by atoms with van der Waals surface area (Å²) in [4.78, 5) is 14.7.